The molecule has 17 heteroatoms. The summed E-state index contributed by atoms with van der Waals surface area (Å²) in [5.74, 6) is -6.50. The van der Waals surface area contributed by atoms with Gasteiger partial charge in [-0.2, -0.15) is 0 Å². The van der Waals surface area contributed by atoms with E-state index in [2.05, 4.69) is 15.5 Å². The van der Waals surface area contributed by atoms with Gasteiger partial charge in [0.05, 0.1) is 35.2 Å². The third kappa shape index (κ3) is 8.40. The molecule has 0 unspecified atom stereocenters. The van der Waals surface area contributed by atoms with Crippen LogP contribution >= 0.6 is 0 Å². The predicted molar refractivity (Wildman–Crippen MR) is 252 cm³/mol. The van der Waals surface area contributed by atoms with E-state index >= 15 is 0 Å². The molecule has 2 saturated heterocycles. The van der Waals surface area contributed by atoms with Gasteiger partial charge in [0.2, 0.25) is 10.9 Å². The quantitative estimate of drug-likeness (QED) is 0.0924. The van der Waals surface area contributed by atoms with Gasteiger partial charge < -0.3 is 59.3 Å². The Kier molecular flexibility index (Phi) is 12.9. The first-order valence-electron chi connectivity index (χ1n) is 22.9. The summed E-state index contributed by atoms with van der Waals surface area (Å²) in [6, 6.07) is 3.45. The Labute approximate surface area is 386 Å². The molecule has 4 bridgehead atoms. The van der Waals surface area contributed by atoms with Crippen molar-refractivity contribution < 1.29 is 53.4 Å². The number of aromatic nitrogens is 1. The Morgan fingerprint density at radius 3 is 2.42 bits per heavy atom. The average molecular weight is 925 g/mol. The number of rotatable bonds is 3. The Bertz CT molecular complexity index is 2910. The number of aliphatic hydroxyl groups is 3. The number of hydrogen-bond donors (Lipinski definition) is 6. The maximum absolute atomic E-state index is 14.9. The number of amides is 1. The van der Waals surface area contributed by atoms with Gasteiger partial charge in [0.25, 0.3) is 5.91 Å². The number of aliphatic hydroxyl groups excluding tert-OH is 3. The fourth-order valence-electron chi connectivity index (χ4n) is 10.3. The zero-order valence-electron chi connectivity index (χ0n) is 39.2. The van der Waals surface area contributed by atoms with Gasteiger partial charge >= 0.3 is 11.8 Å². The van der Waals surface area contributed by atoms with Crippen LogP contribution in [0.3, 0.4) is 0 Å². The lowest BCUT2D eigenvalue weighted by molar-refractivity contribution is -0.160. The summed E-state index contributed by atoms with van der Waals surface area (Å²) in [5.41, 5.74) is -1.29. The highest BCUT2D eigenvalue weighted by Gasteiger charge is 2.44. The standard InChI is InChI=1S/C50H60N4O13/c1-22-12-10-13-23(2)49(62)53-40-44(60)36-35(39-47(40)66-34-19-30(18-32(56)38(34)52-39)54-20-29-14-11-16-51-31(29)21-54)37-46(27(6)43(36)59)67-50(8,48(37)61)64-17-15-33(63-9)24(3)45(65-28(7)55)26(5)42(58)25(4)41(22)57/h10,12-13,15,17-19,22,24-26,29,31,33,41-42,45,51,57-59,61H,11,14,16,20-21H2,1-9H3,(H,53,62)/b12-10+,17-15+,23-13-/t22-,24+,25+,26+,29-,31+,33-,41-,42+,45+,50-/m0/s1. The minimum Gasteiger partial charge on any atom is -0.507 e. The molecule has 2 fully saturated rings. The van der Waals surface area contributed by atoms with Crippen LogP contribution < -0.4 is 36.3 Å². The fourth-order valence-corrected chi connectivity index (χ4v) is 10.3. The van der Waals surface area contributed by atoms with Crippen molar-refractivity contribution in [2.45, 2.75) is 104 Å². The number of esters is 1. The zero-order valence-corrected chi connectivity index (χ0v) is 39.2. The molecule has 0 saturated carbocycles. The number of hydrogen-bond acceptors (Lipinski definition) is 16. The first-order chi connectivity index (χ1) is 31.8. The number of nitrogens with zero attached hydrogens (tertiary/aromatic N) is 2. The largest absolute Gasteiger partial charge is 0.507 e. The van der Waals surface area contributed by atoms with Gasteiger partial charge in [-0.1, -0.05) is 45.9 Å². The van der Waals surface area contributed by atoms with E-state index in [1.165, 1.54) is 59.3 Å². The normalized spacial score (nSPS) is 32.4. The van der Waals surface area contributed by atoms with Crippen molar-refractivity contribution in [1.82, 2.24) is 10.3 Å². The van der Waals surface area contributed by atoms with Gasteiger partial charge in [-0.15, -0.1) is 0 Å². The van der Waals surface area contributed by atoms with Crippen molar-refractivity contribution >= 4 is 62.0 Å². The summed E-state index contributed by atoms with van der Waals surface area (Å²) in [5, 5.41) is 52.9. The van der Waals surface area contributed by atoms with Gasteiger partial charge in [-0.3, -0.25) is 19.2 Å². The molecule has 0 aliphatic carbocycles. The second-order valence-electron chi connectivity index (χ2n) is 18.9. The first kappa shape index (κ1) is 47.5. The molecule has 17 nitrogen and oxygen atoms in total. The van der Waals surface area contributed by atoms with E-state index in [-0.39, 0.29) is 66.8 Å². The van der Waals surface area contributed by atoms with Crippen molar-refractivity contribution in [2.75, 3.05) is 37.0 Å². The Hall–Kier alpha value is -6.01. The van der Waals surface area contributed by atoms with Crippen LogP contribution in [0.5, 0.6) is 11.5 Å². The topological polar surface area (TPSA) is 239 Å². The molecule has 8 rings (SSSR count). The number of ether oxygens (including phenoxy) is 4. The number of nitrogens with one attached hydrogen (secondary N) is 2. The van der Waals surface area contributed by atoms with Crippen LogP contribution in [0.2, 0.25) is 0 Å². The number of phenolic OH excluding ortho intramolecular Hbond substituents is 1. The van der Waals surface area contributed by atoms with Gasteiger partial charge in [0.1, 0.15) is 28.8 Å². The van der Waals surface area contributed by atoms with Crippen molar-refractivity contribution in [3.05, 3.63) is 79.5 Å². The number of piperidine rings is 1. The third-order valence-corrected chi connectivity index (χ3v) is 14.4. The molecular formula is C50H60N4O13. The van der Waals surface area contributed by atoms with Crippen molar-refractivity contribution in [3.63, 3.8) is 0 Å². The van der Waals surface area contributed by atoms with Gasteiger partial charge in [0.15, 0.2) is 22.4 Å². The molecule has 5 heterocycles. The summed E-state index contributed by atoms with van der Waals surface area (Å²) < 4.78 is 30.6. The van der Waals surface area contributed by atoms with Crippen LogP contribution in [0, 0.1) is 36.5 Å². The van der Waals surface area contributed by atoms with E-state index in [0.717, 1.165) is 25.9 Å². The molecule has 358 valence electrons. The molecule has 4 aliphatic heterocycles. The number of carbonyl (C=O) groups is 2. The number of phenols is 1. The lowest BCUT2D eigenvalue weighted by Gasteiger charge is -2.38. The minimum atomic E-state index is -1.98. The monoisotopic (exact) mass is 924 g/mol. The number of allylic oxidation sites excluding steroid dienone is 2. The van der Waals surface area contributed by atoms with Gasteiger partial charge in [-0.25, -0.2) is 4.98 Å². The minimum absolute atomic E-state index is 0.0457. The van der Waals surface area contributed by atoms with Gasteiger partial charge in [0, 0.05) is 98.1 Å². The van der Waals surface area contributed by atoms with Crippen LogP contribution in [0.25, 0.3) is 38.7 Å². The second kappa shape index (κ2) is 18.2. The van der Waals surface area contributed by atoms with Crippen LogP contribution in [0.4, 0.5) is 11.4 Å². The number of methoxy groups -OCH3 is 1. The summed E-state index contributed by atoms with van der Waals surface area (Å²) in [7, 11) is 1.45. The number of carbonyl (C=O) groups excluding carboxylic acids is 2. The summed E-state index contributed by atoms with van der Waals surface area (Å²) >= 11 is 0. The maximum Gasteiger partial charge on any atom is 0.307 e. The third-order valence-electron chi connectivity index (χ3n) is 14.4. The molecule has 0 radical (unpaired) electrons. The second-order valence-corrected chi connectivity index (χ2v) is 18.9. The summed E-state index contributed by atoms with van der Waals surface area (Å²) in [4.78, 5) is 62.4. The molecule has 11 atom stereocenters. The Morgan fingerprint density at radius 2 is 1.72 bits per heavy atom. The van der Waals surface area contributed by atoms with E-state index in [9.17, 15) is 39.6 Å². The highest BCUT2D eigenvalue weighted by molar-refractivity contribution is 6.16. The molecule has 6 N–H and O–H groups in total. The average Bonchev–Trinajstić information content (AvgIpc) is 3.85. The molecule has 3 aromatic carbocycles. The van der Waals surface area contributed by atoms with Gasteiger partial charge in [-0.05, 0) is 45.2 Å². The number of anilines is 2. The first-order valence-corrected chi connectivity index (χ1v) is 22.9. The van der Waals surface area contributed by atoms with E-state index < -0.39 is 88.1 Å². The lowest BCUT2D eigenvalue weighted by Crippen LogP contribution is -2.46. The number of fused-ring (bicyclic) bond motifs is 3. The Balaban J connectivity index is 1.35. The maximum atomic E-state index is 14.9. The molecule has 1 aromatic heterocycles. The van der Waals surface area contributed by atoms with Crippen molar-refractivity contribution in [3.8, 4) is 11.5 Å². The highest BCUT2D eigenvalue weighted by Crippen LogP contribution is 2.42. The lowest BCUT2D eigenvalue weighted by atomic mass is 9.78. The van der Waals surface area contributed by atoms with E-state index in [0.29, 0.717) is 18.2 Å². The summed E-state index contributed by atoms with van der Waals surface area (Å²) in [6.45, 7) is 15.0. The SMILES string of the molecule is CO[C@H]1/C=C/O[C@@]2(C)Oc3c(C)c(O)c4c(=O)c(c5oc6cc(N7C[C@@H]8CCCN[C@@H]8C7)cc(=O)c6nc5c4c3=C2O)NC(=O)/C(C)=C\C=C\[C@H](C)[C@H](O)[C@@H](C)[C@@H](O)[C@@H](C)[C@H](OC(C)=O)[C@@H]1C. The van der Waals surface area contributed by atoms with E-state index in [1.54, 1.807) is 45.9 Å². The van der Waals surface area contributed by atoms with Crippen LogP contribution in [-0.4, -0.2) is 100 Å². The van der Waals surface area contributed by atoms with Crippen molar-refractivity contribution in [2.24, 2.45) is 29.6 Å². The smallest absolute Gasteiger partial charge is 0.307 e. The Morgan fingerprint density at radius 1 is 0.970 bits per heavy atom. The van der Waals surface area contributed by atoms with Crippen LogP contribution in [0.15, 0.2) is 62.3 Å². The number of aromatic hydroxyl groups is 1. The van der Waals surface area contributed by atoms with Crippen LogP contribution in [0.1, 0.15) is 66.9 Å². The highest BCUT2D eigenvalue weighted by atomic mass is 16.7. The molecule has 67 heavy (non-hydrogen) atoms. The summed E-state index contributed by atoms with van der Waals surface area (Å²) in [6.07, 6.45) is 5.71. The predicted octanol–water partition coefficient (Wildman–Crippen LogP) is 4.75. The molecule has 1 amide bonds. The number of benzene rings is 3. The fraction of sp³-hybridized carbons (Fsp3) is 0.500. The molecule has 0 spiro atoms. The molecule has 4 aliphatic rings. The molecule has 4 aromatic rings. The van der Waals surface area contributed by atoms with E-state index in [4.69, 9.17) is 28.3 Å². The molecular weight excluding hydrogens is 865 g/mol. The van der Waals surface area contributed by atoms with Crippen molar-refractivity contribution in [1.29, 1.82) is 0 Å². The van der Waals surface area contributed by atoms with Crippen LogP contribution in [-0.2, 0) is 23.8 Å². The zero-order chi connectivity index (χ0) is 48.4. The van der Waals surface area contributed by atoms with E-state index in [1.807, 2.05) is 0 Å².